The number of hydrogen-bond acceptors (Lipinski definition) is 3. The average Bonchev–Trinajstić information content (AvgIpc) is 2.39. The summed E-state index contributed by atoms with van der Waals surface area (Å²) in [5, 5.41) is 11.5. The molecule has 21 heavy (non-hydrogen) atoms. The van der Waals surface area contributed by atoms with Crippen molar-refractivity contribution in [1.29, 1.82) is 0 Å². The normalized spacial score (nSPS) is 22.1. The molecule has 2 atom stereocenters. The first kappa shape index (κ1) is 17.6. The molecule has 0 saturated carbocycles. The second-order valence-electron chi connectivity index (χ2n) is 6.37. The van der Waals surface area contributed by atoms with Gasteiger partial charge in [-0.25, -0.2) is 4.39 Å². The Morgan fingerprint density at radius 1 is 1.43 bits per heavy atom. The fourth-order valence-electron chi connectivity index (χ4n) is 2.03. The molecule has 0 unspecified atom stereocenters. The van der Waals surface area contributed by atoms with E-state index in [2.05, 4.69) is 5.32 Å². The van der Waals surface area contributed by atoms with Crippen LogP contribution in [-0.2, 0) is 4.79 Å². The van der Waals surface area contributed by atoms with Gasteiger partial charge in [0.15, 0.2) is 0 Å². The quantitative estimate of drug-likeness (QED) is 0.743. The van der Waals surface area contributed by atoms with Crippen molar-refractivity contribution < 1.29 is 14.3 Å². The van der Waals surface area contributed by atoms with E-state index < -0.39 is 11.4 Å². The monoisotopic (exact) mass is 296 g/mol. The SMILES string of the molecule is CC(C)(C)C(=O)O.N[C@@H]1CNCC[C@H]1c1cccc(F)c1. The maximum absolute atomic E-state index is 13.0. The largest absolute Gasteiger partial charge is 0.481 e. The lowest BCUT2D eigenvalue weighted by atomic mass is 9.87. The number of rotatable bonds is 1. The average molecular weight is 296 g/mol. The van der Waals surface area contributed by atoms with Crippen LogP contribution >= 0.6 is 0 Å². The highest BCUT2D eigenvalue weighted by atomic mass is 19.1. The van der Waals surface area contributed by atoms with Crippen LogP contribution in [0.3, 0.4) is 0 Å². The van der Waals surface area contributed by atoms with Gasteiger partial charge in [0.05, 0.1) is 5.41 Å². The summed E-state index contributed by atoms with van der Waals surface area (Å²) in [4.78, 5) is 10.0. The lowest BCUT2D eigenvalue weighted by Crippen LogP contribution is -2.44. The van der Waals surface area contributed by atoms with Gasteiger partial charge in [-0.15, -0.1) is 0 Å². The van der Waals surface area contributed by atoms with E-state index in [4.69, 9.17) is 10.8 Å². The van der Waals surface area contributed by atoms with Crippen LogP contribution in [-0.4, -0.2) is 30.2 Å². The Labute approximate surface area is 125 Å². The number of carboxylic acids is 1. The lowest BCUT2D eigenvalue weighted by molar-refractivity contribution is -0.145. The minimum atomic E-state index is -0.757. The highest BCUT2D eigenvalue weighted by Crippen LogP contribution is 2.24. The summed E-state index contributed by atoms with van der Waals surface area (Å²) >= 11 is 0. The van der Waals surface area contributed by atoms with Crippen molar-refractivity contribution in [2.45, 2.75) is 39.2 Å². The Morgan fingerprint density at radius 3 is 2.52 bits per heavy atom. The highest BCUT2D eigenvalue weighted by Gasteiger charge is 2.23. The van der Waals surface area contributed by atoms with Crippen molar-refractivity contribution in [3.05, 3.63) is 35.6 Å². The van der Waals surface area contributed by atoms with Crippen LogP contribution in [0.5, 0.6) is 0 Å². The number of hydrogen-bond donors (Lipinski definition) is 3. The molecule has 0 amide bonds. The first-order chi connectivity index (χ1) is 9.71. The summed E-state index contributed by atoms with van der Waals surface area (Å²) in [6.45, 7) is 6.77. The zero-order valence-electron chi connectivity index (χ0n) is 12.9. The van der Waals surface area contributed by atoms with Gasteiger partial charge in [-0.3, -0.25) is 4.79 Å². The van der Waals surface area contributed by atoms with Crippen molar-refractivity contribution >= 4 is 5.97 Å². The number of halogens is 1. The van der Waals surface area contributed by atoms with E-state index in [-0.39, 0.29) is 11.9 Å². The molecular formula is C16H25FN2O2. The summed E-state index contributed by atoms with van der Waals surface area (Å²) in [7, 11) is 0. The summed E-state index contributed by atoms with van der Waals surface area (Å²) in [5.74, 6) is -0.632. The Kier molecular flexibility index (Phi) is 6.30. The Bertz CT molecular complexity index is 472. The number of aliphatic carboxylic acids is 1. The molecule has 4 N–H and O–H groups in total. The van der Waals surface area contributed by atoms with Gasteiger partial charge in [-0.2, -0.15) is 0 Å². The molecule has 5 heteroatoms. The zero-order valence-corrected chi connectivity index (χ0v) is 12.9. The third kappa shape index (κ3) is 5.81. The molecule has 2 rings (SSSR count). The molecule has 1 aromatic carbocycles. The standard InChI is InChI=1S/C11H15FN2.C5H10O2/c12-9-3-1-2-8(6-9)10-4-5-14-7-11(10)13;1-5(2,3)4(6)7/h1-3,6,10-11,14H,4-5,7,13H2;1-3H3,(H,6,7)/t10-,11+;/m0./s1. The summed E-state index contributed by atoms with van der Waals surface area (Å²) in [6, 6.07) is 6.87. The van der Waals surface area contributed by atoms with E-state index in [0.717, 1.165) is 25.1 Å². The predicted octanol–water partition coefficient (Wildman–Crippen LogP) is 2.35. The molecule has 4 nitrogen and oxygen atoms in total. The molecule has 1 aromatic rings. The number of nitrogens with one attached hydrogen (secondary N) is 1. The van der Waals surface area contributed by atoms with E-state index in [1.807, 2.05) is 6.07 Å². The van der Waals surface area contributed by atoms with E-state index >= 15 is 0 Å². The van der Waals surface area contributed by atoms with Gasteiger partial charge in [-0.1, -0.05) is 12.1 Å². The van der Waals surface area contributed by atoms with Crippen LogP contribution in [0, 0.1) is 11.2 Å². The van der Waals surface area contributed by atoms with Crippen molar-refractivity contribution in [3.63, 3.8) is 0 Å². The molecular weight excluding hydrogens is 271 g/mol. The summed E-state index contributed by atoms with van der Waals surface area (Å²) < 4.78 is 13.0. The van der Waals surface area contributed by atoms with Crippen molar-refractivity contribution in [1.82, 2.24) is 5.32 Å². The van der Waals surface area contributed by atoms with Gasteiger partial charge in [0.2, 0.25) is 0 Å². The number of carbonyl (C=O) groups is 1. The van der Waals surface area contributed by atoms with E-state index in [1.165, 1.54) is 6.07 Å². The maximum atomic E-state index is 13.0. The van der Waals surface area contributed by atoms with Gasteiger partial charge in [0, 0.05) is 18.5 Å². The van der Waals surface area contributed by atoms with Crippen LogP contribution in [0.2, 0.25) is 0 Å². The molecule has 0 bridgehead atoms. The Hall–Kier alpha value is -1.46. The molecule has 118 valence electrons. The number of carboxylic acid groups (broad SMARTS) is 1. The van der Waals surface area contributed by atoms with Crippen LogP contribution in [0.4, 0.5) is 4.39 Å². The Balaban J connectivity index is 0.000000270. The molecule has 1 aliphatic rings. The molecule has 0 aromatic heterocycles. The van der Waals surface area contributed by atoms with Gasteiger partial charge < -0.3 is 16.2 Å². The number of nitrogens with two attached hydrogens (primary N) is 1. The fraction of sp³-hybridized carbons (Fsp3) is 0.562. The summed E-state index contributed by atoms with van der Waals surface area (Å²) in [5.41, 5.74) is 6.42. The highest BCUT2D eigenvalue weighted by molar-refractivity contribution is 5.72. The van der Waals surface area contributed by atoms with Gasteiger partial charge in [0.25, 0.3) is 0 Å². The first-order valence-corrected chi connectivity index (χ1v) is 7.17. The molecule has 1 saturated heterocycles. The fourth-order valence-corrected chi connectivity index (χ4v) is 2.03. The molecule has 0 spiro atoms. The van der Waals surface area contributed by atoms with Crippen molar-refractivity contribution in [3.8, 4) is 0 Å². The molecule has 0 aliphatic carbocycles. The number of piperidine rings is 1. The molecule has 1 aliphatic heterocycles. The van der Waals surface area contributed by atoms with Gasteiger partial charge >= 0.3 is 5.97 Å². The third-order valence-electron chi connectivity index (χ3n) is 3.45. The zero-order chi connectivity index (χ0) is 16.0. The molecule has 1 heterocycles. The van der Waals surface area contributed by atoms with Crippen LogP contribution < -0.4 is 11.1 Å². The van der Waals surface area contributed by atoms with Crippen molar-refractivity contribution in [2.75, 3.05) is 13.1 Å². The molecule has 0 radical (unpaired) electrons. The van der Waals surface area contributed by atoms with Crippen LogP contribution in [0.15, 0.2) is 24.3 Å². The van der Waals surface area contributed by atoms with Crippen LogP contribution in [0.25, 0.3) is 0 Å². The lowest BCUT2D eigenvalue weighted by Gasteiger charge is -2.29. The predicted molar refractivity (Wildman–Crippen MR) is 81.7 cm³/mol. The minimum absolute atomic E-state index is 0.102. The van der Waals surface area contributed by atoms with E-state index in [0.29, 0.717) is 5.92 Å². The van der Waals surface area contributed by atoms with Gasteiger partial charge in [0.1, 0.15) is 5.82 Å². The first-order valence-electron chi connectivity index (χ1n) is 7.17. The Morgan fingerprint density at radius 2 is 2.05 bits per heavy atom. The van der Waals surface area contributed by atoms with Gasteiger partial charge in [-0.05, 0) is 51.4 Å². The second kappa shape index (κ2) is 7.52. The number of benzene rings is 1. The smallest absolute Gasteiger partial charge is 0.308 e. The maximum Gasteiger partial charge on any atom is 0.308 e. The summed E-state index contributed by atoms with van der Waals surface area (Å²) in [6.07, 6.45) is 0.991. The topological polar surface area (TPSA) is 75.3 Å². The third-order valence-corrected chi connectivity index (χ3v) is 3.45. The second-order valence-corrected chi connectivity index (χ2v) is 6.37. The van der Waals surface area contributed by atoms with Crippen molar-refractivity contribution in [2.24, 2.45) is 11.1 Å². The van der Waals surface area contributed by atoms with Crippen LogP contribution in [0.1, 0.15) is 38.7 Å². The van der Waals surface area contributed by atoms with E-state index in [1.54, 1.807) is 32.9 Å². The molecule has 1 fully saturated rings. The van der Waals surface area contributed by atoms with E-state index in [9.17, 15) is 9.18 Å². The minimum Gasteiger partial charge on any atom is -0.481 e.